The van der Waals surface area contributed by atoms with E-state index in [9.17, 15) is 9.59 Å². The van der Waals surface area contributed by atoms with Crippen LogP contribution in [0.1, 0.15) is 48.7 Å². The fraction of sp³-hybridized carbons (Fsp3) is 0.391. The zero-order valence-electron chi connectivity index (χ0n) is 15.8. The van der Waals surface area contributed by atoms with Gasteiger partial charge in [0, 0.05) is 34.5 Å². The van der Waals surface area contributed by atoms with Gasteiger partial charge in [-0.1, -0.05) is 13.0 Å². The summed E-state index contributed by atoms with van der Waals surface area (Å²) in [7, 11) is 0. The van der Waals surface area contributed by atoms with Gasteiger partial charge in [-0.15, -0.1) is 0 Å². The molecular formula is C23H22N2O3. The van der Waals surface area contributed by atoms with Crippen molar-refractivity contribution in [1.29, 1.82) is 0 Å². The summed E-state index contributed by atoms with van der Waals surface area (Å²) < 4.78 is 0. The fourth-order valence-corrected chi connectivity index (χ4v) is 5.59. The van der Waals surface area contributed by atoms with E-state index in [0.717, 1.165) is 48.2 Å². The summed E-state index contributed by atoms with van der Waals surface area (Å²) in [6.45, 7) is 2.24. The maximum absolute atomic E-state index is 12.7. The topological polar surface area (TPSA) is 82.2 Å². The number of allylic oxidation sites excluding steroid dienone is 5. The first-order valence-electron chi connectivity index (χ1n) is 10.2. The van der Waals surface area contributed by atoms with Gasteiger partial charge in [0.25, 0.3) is 5.91 Å². The quantitative estimate of drug-likeness (QED) is 0.708. The van der Waals surface area contributed by atoms with Gasteiger partial charge in [0.15, 0.2) is 0 Å². The van der Waals surface area contributed by atoms with E-state index in [2.05, 4.69) is 29.4 Å². The number of rotatable bonds is 4. The zero-order valence-corrected chi connectivity index (χ0v) is 15.8. The highest BCUT2D eigenvalue weighted by Crippen LogP contribution is 2.81. The second kappa shape index (κ2) is 5.16. The van der Waals surface area contributed by atoms with Gasteiger partial charge in [-0.05, 0) is 72.4 Å². The third kappa shape index (κ3) is 1.96. The van der Waals surface area contributed by atoms with Crippen molar-refractivity contribution in [2.24, 2.45) is 11.3 Å². The SMILES string of the molecule is C[C@H]1C2=C3C=C4NC(=O)/C(=C\c5[nH]c6c(c5CCC(=O)O)CCCC6)C4=C[C@@]321. The van der Waals surface area contributed by atoms with Gasteiger partial charge in [0.2, 0.25) is 0 Å². The second-order valence-corrected chi connectivity index (χ2v) is 8.62. The highest BCUT2D eigenvalue weighted by Gasteiger charge is 2.73. The first-order chi connectivity index (χ1) is 13.5. The Morgan fingerprint density at radius 1 is 1.36 bits per heavy atom. The Morgan fingerprint density at radius 2 is 2.18 bits per heavy atom. The molecule has 1 spiro atoms. The molecule has 5 nitrogen and oxygen atoms in total. The molecule has 4 aliphatic carbocycles. The van der Waals surface area contributed by atoms with E-state index in [1.807, 2.05) is 6.08 Å². The summed E-state index contributed by atoms with van der Waals surface area (Å²) in [6.07, 6.45) is 11.2. The first kappa shape index (κ1) is 16.2. The normalized spacial score (nSPS) is 30.1. The lowest BCUT2D eigenvalue weighted by molar-refractivity contribution is -0.137. The standard InChI is InChI=1S/C23H22N2O3/c1-11-21-16-9-19-15(10-23(11,16)21)14(22(28)25-19)8-18-13(6-7-20(26)27)12-4-2-3-5-17(12)24-18/h8-11,24H,2-7H2,1H3,(H,25,28)(H,26,27)/b14-8-/t11-,23+/m0/s1. The number of aromatic amines is 1. The molecule has 1 aromatic heterocycles. The average molecular weight is 374 g/mol. The van der Waals surface area contributed by atoms with Crippen LogP contribution in [0.3, 0.4) is 0 Å². The van der Waals surface area contributed by atoms with Crippen LogP contribution in [-0.2, 0) is 28.9 Å². The third-order valence-corrected chi connectivity index (χ3v) is 7.21. The molecule has 0 aromatic carbocycles. The van der Waals surface area contributed by atoms with Crippen molar-refractivity contribution < 1.29 is 14.7 Å². The van der Waals surface area contributed by atoms with Crippen LogP contribution in [0.25, 0.3) is 6.08 Å². The molecule has 2 heterocycles. The van der Waals surface area contributed by atoms with Crippen LogP contribution in [0.2, 0.25) is 0 Å². The van der Waals surface area contributed by atoms with Crippen LogP contribution < -0.4 is 5.32 Å². The summed E-state index contributed by atoms with van der Waals surface area (Å²) in [4.78, 5) is 27.4. The van der Waals surface area contributed by atoms with E-state index in [1.54, 1.807) is 0 Å². The molecular weight excluding hydrogens is 352 g/mol. The van der Waals surface area contributed by atoms with Crippen molar-refractivity contribution in [2.45, 2.75) is 45.4 Å². The Hall–Kier alpha value is -2.82. The number of amides is 1. The molecule has 0 unspecified atom stereocenters. The zero-order chi connectivity index (χ0) is 19.2. The van der Waals surface area contributed by atoms with E-state index in [4.69, 9.17) is 5.11 Å². The monoisotopic (exact) mass is 374 g/mol. The molecule has 5 heteroatoms. The number of carbonyl (C=O) groups is 2. The molecule has 3 N–H and O–H groups in total. The molecule has 2 atom stereocenters. The number of hydrogen-bond donors (Lipinski definition) is 3. The predicted molar refractivity (Wildman–Crippen MR) is 104 cm³/mol. The van der Waals surface area contributed by atoms with Crippen molar-refractivity contribution in [3.05, 3.63) is 62.7 Å². The predicted octanol–water partition coefficient (Wildman–Crippen LogP) is 3.19. The van der Waals surface area contributed by atoms with Gasteiger partial charge in [0.1, 0.15) is 0 Å². The largest absolute Gasteiger partial charge is 0.481 e. The van der Waals surface area contributed by atoms with Gasteiger partial charge in [-0.3, -0.25) is 9.59 Å². The van der Waals surface area contributed by atoms with Crippen LogP contribution in [0.5, 0.6) is 0 Å². The van der Waals surface area contributed by atoms with Crippen molar-refractivity contribution in [3.8, 4) is 0 Å². The summed E-state index contributed by atoms with van der Waals surface area (Å²) in [6, 6.07) is 0. The lowest BCUT2D eigenvalue weighted by Gasteiger charge is -2.14. The summed E-state index contributed by atoms with van der Waals surface area (Å²) in [5.41, 5.74) is 10.1. The lowest BCUT2D eigenvalue weighted by Crippen LogP contribution is -2.14. The number of aliphatic carboxylic acids is 1. The average Bonchev–Trinajstić information content (AvgIpc) is 3.39. The van der Waals surface area contributed by atoms with Crippen molar-refractivity contribution in [3.63, 3.8) is 0 Å². The van der Waals surface area contributed by atoms with E-state index >= 15 is 0 Å². The molecule has 28 heavy (non-hydrogen) atoms. The van der Waals surface area contributed by atoms with Gasteiger partial charge in [-0.2, -0.15) is 0 Å². The Labute approximate surface area is 162 Å². The minimum atomic E-state index is -0.787. The molecule has 1 saturated carbocycles. The third-order valence-electron chi connectivity index (χ3n) is 7.21. The van der Waals surface area contributed by atoms with E-state index < -0.39 is 5.97 Å². The Balaban J connectivity index is 1.42. The Morgan fingerprint density at radius 3 is 2.96 bits per heavy atom. The number of aromatic nitrogens is 1. The minimum Gasteiger partial charge on any atom is -0.481 e. The molecule has 5 aliphatic rings. The summed E-state index contributed by atoms with van der Waals surface area (Å²) in [5, 5.41) is 12.2. The van der Waals surface area contributed by atoms with E-state index in [-0.39, 0.29) is 17.7 Å². The molecule has 2 fully saturated rings. The van der Waals surface area contributed by atoms with Gasteiger partial charge in [0.05, 0.1) is 5.57 Å². The summed E-state index contributed by atoms with van der Waals surface area (Å²) >= 11 is 0. The highest BCUT2D eigenvalue weighted by molar-refractivity contribution is 6.10. The van der Waals surface area contributed by atoms with Crippen molar-refractivity contribution in [2.75, 3.05) is 0 Å². The van der Waals surface area contributed by atoms with Gasteiger partial charge in [-0.25, -0.2) is 0 Å². The van der Waals surface area contributed by atoms with Crippen LogP contribution >= 0.6 is 0 Å². The molecule has 0 bridgehead atoms. The molecule has 1 aromatic rings. The molecule has 1 amide bonds. The van der Waals surface area contributed by atoms with Gasteiger partial charge >= 0.3 is 5.97 Å². The van der Waals surface area contributed by atoms with Crippen LogP contribution in [-0.4, -0.2) is 22.0 Å². The van der Waals surface area contributed by atoms with Crippen LogP contribution in [0.4, 0.5) is 0 Å². The maximum atomic E-state index is 12.7. The Kier molecular flexibility index (Phi) is 2.98. The van der Waals surface area contributed by atoms with E-state index in [0.29, 0.717) is 17.9 Å². The maximum Gasteiger partial charge on any atom is 0.303 e. The smallest absolute Gasteiger partial charge is 0.303 e. The van der Waals surface area contributed by atoms with Crippen LogP contribution in [0, 0.1) is 11.3 Å². The van der Waals surface area contributed by atoms with Gasteiger partial charge < -0.3 is 15.4 Å². The summed E-state index contributed by atoms with van der Waals surface area (Å²) in [5.74, 6) is -0.249. The second-order valence-electron chi connectivity index (χ2n) is 8.62. The Bertz CT molecular complexity index is 1110. The molecule has 6 rings (SSSR count). The fourth-order valence-electron chi connectivity index (χ4n) is 5.59. The molecule has 1 saturated heterocycles. The molecule has 142 valence electrons. The lowest BCUT2D eigenvalue weighted by atomic mass is 9.89. The number of carboxylic acid groups (broad SMARTS) is 1. The van der Waals surface area contributed by atoms with Crippen molar-refractivity contribution >= 4 is 18.0 Å². The number of carbonyl (C=O) groups excluding carboxylic acids is 1. The first-order valence-corrected chi connectivity index (χ1v) is 10.2. The number of carboxylic acids is 1. The van der Waals surface area contributed by atoms with Crippen molar-refractivity contribution in [1.82, 2.24) is 10.3 Å². The minimum absolute atomic E-state index is 0.0672. The number of nitrogens with one attached hydrogen (secondary N) is 2. The number of fused-ring (bicyclic) bond motifs is 2. The highest BCUT2D eigenvalue weighted by atomic mass is 16.4. The number of aryl methyl sites for hydroxylation is 1. The number of H-pyrrole nitrogens is 1. The molecule has 0 radical (unpaired) electrons. The number of hydrogen-bond acceptors (Lipinski definition) is 2. The molecule has 1 aliphatic heterocycles. The van der Waals surface area contributed by atoms with E-state index in [1.165, 1.54) is 22.4 Å². The van der Waals surface area contributed by atoms with Crippen LogP contribution in [0.15, 0.2) is 40.1 Å².